The number of carbonyl (C=O) groups excluding carboxylic acids is 1. The van der Waals surface area contributed by atoms with Gasteiger partial charge in [-0.3, -0.25) is 4.79 Å². The Balaban J connectivity index is 1.57. The Morgan fingerprint density at radius 1 is 1.04 bits per heavy atom. The first kappa shape index (κ1) is 14.9. The Bertz CT molecular complexity index is 848. The lowest BCUT2D eigenvalue weighted by atomic mass is 9.89. The topological polar surface area (TPSA) is 52.3 Å². The van der Waals surface area contributed by atoms with Crippen molar-refractivity contribution in [3.8, 4) is 17.0 Å². The van der Waals surface area contributed by atoms with Crippen LogP contribution in [0, 0.1) is 5.92 Å². The lowest BCUT2D eigenvalue weighted by Crippen LogP contribution is -2.22. The van der Waals surface area contributed by atoms with E-state index in [-0.39, 0.29) is 11.9 Å². The van der Waals surface area contributed by atoms with Gasteiger partial charge in [0.05, 0.1) is 5.92 Å². The Kier molecular flexibility index (Phi) is 4.03. The van der Waals surface area contributed by atoms with Crippen molar-refractivity contribution in [3.63, 3.8) is 0 Å². The number of hydrogen-bond donors (Lipinski definition) is 0. The van der Waals surface area contributed by atoms with Crippen LogP contribution in [0.2, 0.25) is 0 Å². The lowest BCUT2D eigenvalue weighted by molar-refractivity contribution is -0.139. The molecular weight excluding hydrogens is 302 g/mol. The highest BCUT2D eigenvalue weighted by atomic mass is 16.5. The lowest BCUT2D eigenvalue weighted by Gasteiger charge is -2.19. The van der Waals surface area contributed by atoms with Gasteiger partial charge < -0.3 is 9.26 Å². The Morgan fingerprint density at radius 3 is 2.62 bits per heavy atom. The van der Waals surface area contributed by atoms with E-state index in [0.717, 1.165) is 42.3 Å². The molecule has 122 valence electrons. The predicted molar refractivity (Wildman–Crippen MR) is 91.7 cm³/mol. The number of esters is 1. The third-order valence-electron chi connectivity index (χ3n) is 4.65. The number of hydrogen-bond acceptors (Lipinski definition) is 4. The standard InChI is InChI=1S/C20H19NO3/c22-20(15-9-5-2-6-10-15)23-16-11-12-17-18(13-16)24-21-19(17)14-7-3-1-4-8-14/h1,3-4,7-8,11-13,15H,2,5-6,9-10H2. The number of ether oxygens (including phenoxy) is 1. The maximum absolute atomic E-state index is 12.3. The van der Waals surface area contributed by atoms with Crippen molar-refractivity contribution in [3.05, 3.63) is 48.5 Å². The normalized spacial score (nSPS) is 15.5. The second-order valence-corrected chi connectivity index (χ2v) is 6.31. The van der Waals surface area contributed by atoms with Gasteiger partial charge in [-0.1, -0.05) is 54.8 Å². The molecule has 3 aromatic rings. The molecule has 4 heteroatoms. The predicted octanol–water partition coefficient (Wildman–Crippen LogP) is 4.98. The van der Waals surface area contributed by atoms with Gasteiger partial charge in [0.15, 0.2) is 5.58 Å². The summed E-state index contributed by atoms with van der Waals surface area (Å²) in [5.41, 5.74) is 2.43. The average Bonchev–Trinajstić information content (AvgIpc) is 3.06. The van der Waals surface area contributed by atoms with Crippen molar-refractivity contribution in [1.82, 2.24) is 5.16 Å². The molecule has 0 aliphatic heterocycles. The van der Waals surface area contributed by atoms with Gasteiger partial charge in [-0.05, 0) is 25.0 Å². The summed E-state index contributed by atoms with van der Waals surface area (Å²) in [5, 5.41) is 5.08. The summed E-state index contributed by atoms with van der Waals surface area (Å²) < 4.78 is 11.0. The molecule has 0 saturated heterocycles. The largest absolute Gasteiger partial charge is 0.426 e. The molecule has 1 aliphatic carbocycles. The van der Waals surface area contributed by atoms with Crippen LogP contribution >= 0.6 is 0 Å². The molecule has 0 spiro atoms. The van der Waals surface area contributed by atoms with Crippen molar-refractivity contribution in [1.29, 1.82) is 0 Å². The molecule has 0 amide bonds. The van der Waals surface area contributed by atoms with Crippen LogP contribution < -0.4 is 4.74 Å². The summed E-state index contributed by atoms with van der Waals surface area (Å²) in [4.78, 5) is 12.3. The van der Waals surface area contributed by atoms with E-state index in [0.29, 0.717) is 11.3 Å². The number of carbonyl (C=O) groups is 1. The summed E-state index contributed by atoms with van der Waals surface area (Å²) in [6.07, 6.45) is 5.31. The van der Waals surface area contributed by atoms with Gasteiger partial charge in [-0.2, -0.15) is 0 Å². The Hall–Kier alpha value is -2.62. The van der Waals surface area contributed by atoms with Crippen LogP contribution in [0.5, 0.6) is 5.75 Å². The molecule has 1 aromatic heterocycles. The molecule has 24 heavy (non-hydrogen) atoms. The summed E-state index contributed by atoms with van der Waals surface area (Å²) in [5.74, 6) is 0.426. The van der Waals surface area contributed by atoms with Crippen LogP contribution in [0.15, 0.2) is 53.1 Å². The SMILES string of the molecule is O=C(Oc1ccc2c(-c3ccccc3)noc2c1)C1CCCCC1. The van der Waals surface area contributed by atoms with Gasteiger partial charge in [0.1, 0.15) is 11.4 Å². The third-order valence-corrected chi connectivity index (χ3v) is 4.65. The second-order valence-electron chi connectivity index (χ2n) is 6.31. The van der Waals surface area contributed by atoms with E-state index in [1.165, 1.54) is 6.42 Å². The van der Waals surface area contributed by atoms with Crippen LogP contribution in [0.1, 0.15) is 32.1 Å². The van der Waals surface area contributed by atoms with E-state index in [2.05, 4.69) is 5.16 Å². The number of aromatic nitrogens is 1. The fraction of sp³-hybridized carbons (Fsp3) is 0.300. The molecular formula is C20H19NO3. The minimum atomic E-state index is -0.128. The smallest absolute Gasteiger partial charge is 0.314 e. The molecule has 4 nitrogen and oxygen atoms in total. The minimum Gasteiger partial charge on any atom is -0.426 e. The molecule has 1 saturated carbocycles. The minimum absolute atomic E-state index is 0.0315. The molecule has 4 rings (SSSR count). The molecule has 0 atom stereocenters. The quantitative estimate of drug-likeness (QED) is 0.504. The van der Waals surface area contributed by atoms with E-state index in [1.807, 2.05) is 42.5 Å². The van der Waals surface area contributed by atoms with Gasteiger partial charge in [0.25, 0.3) is 0 Å². The van der Waals surface area contributed by atoms with Crippen molar-refractivity contribution >= 4 is 16.9 Å². The van der Waals surface area contributed by atoms with Crippen molar-refractivity contribution in [2.24, 2.45) is 5.92 Å². The average molecular weight is 321 g/mol. The third kappa shape index (κ3) is 2.92. The zero-order valence-electron chi connectivity index (χ0n) is 13.4. The van der Waals surface area contributed by atoms with Crippen molar-refractivity contribution in [2.75, 3.05) is 0 Å². The fourth-order valence-corrected chi connectivity index (χ4v) is 3.32. The summed E-state index contributed by atoms with van der Waals surface area (Å²) in [6.45, 7) is 0. The summed E-state index contributed by atoms with van der Waals surface area (Å²) >= 11 is 0. The van der Waals surface area contributed by atoms with E-state index in [1.54, 1.807) is 6.07 Å². The summed E-state index contributed by atoms with van der Waals surface area (Å²) in [7, 11) is 0. The zero-order chi connectivity index (χ0) is 16.4. The molecule has 0 N–H and O–H groups in total. The van der Waals surface area contributed by atoms with Crippen LogP contribution in [0.3, 0.4) is 0 Å². The Labute approximate surface area is 140 Å². The van der Waals surface area contributed by atoms with Gasteiger partial charge in [0.2, 0.25) is 0 Å². The number of nitrogens with zero attached hydrogens (tertiary/aromatic N) is 1. The monoisotopic (exact) mass is 321 g/mol. The fourth-order valence-electron chi connectivity index (χ4n) is 3.32. The first-order valence-electron chi connectivity index (χ1n) is 8.48. The number of rotatable bonds is 3. The Morgan fingerprint density at radius 2 is 1.83 bits per heavy atom. The number of benzene rings is 2. The molecule has 0 radical (unpaired) electrons. The van der Waals surface area contributed by atoms with Gasteiger partial charge in [-0.15, -0.1) is 0 Å². The zero-order valence-corrected chi connectivity index (χ0v) is 13.4. The highest BCUT2D eigenvalue weighted by Crippen LogP contribution is 2.31. The maximum Gasteiger partial charge on any atom is 0.314 e. The van der Waals surface area contributed by atoms with Crippen LogP contribution in [0.25, 0.3) is 22.2 Å². The van der Waals surface area contributed by atoms with E-state index < -0.39 is 0 Å². The van der Waals surface area contributed by atoms with Crippen molar-refractivity contribution in [2.45, 2.75) is 32.1 Å². The molecule has 0 unspecified atom stereocenters. The maximum atomic E-state index is 12.3. The van der Waals surface area contributed by atoms with Crippen LogP contribution in [-0.4, -0.2) is 11.1 Å². The number of fused-ring (bicyclic) bond motifs is 1. The molecule has 1 aliphatic rings. The van der Waals surface area contributed by atoms with Crippen molar-refractivity contribution < 1.29 is 14.1 Å². The summed E-state index contributed by atoms with van der Waals surface area (Å²) in [6, 6.07) is 15.4. The molecule has 1 heterocycles. The molecule has 2 aromatic carbocycles. The molecule has 1 fully saturated rings. The van der Waals surface area contributed by atoms with Gasteiger partial charge in [-0.25, -0.2) is 0 Å². The molecule has 0 bridgehead atoms. The van der Waals surface area contributed by atoms with Crippen LogP contribution in [-0.2, 0) is 4.79 Å². The van der Waals surface area contributed by atoms with E-state index >= 15 is 0 Å². The highest BCUT2D eigenvalue weighted by molar-refractivity contribution is 5.92. The van der Waals surface area contributed by atoms with E-state index in [4.69, 9.17) is 9.26 Å². The first-order valence-corrected chi connectivity index (χ1v) is 8.48. The van der Waals surface area contributed by atoms with Gasteiger partial charge >= 0.3 is 5.97 Å². The van der Waals surface area contributed by atoms with Crippen LogP contribution in [0.4, 0.5) is 0 Å². The van der Waals surface area contributed by atoms with E-state index in [9.17, 15) is 4.79 Å². The second kappa shape index (κ2) is 6.48. The van der Waals surface area contributed by atoms with Gasteiger partial charge in [0, 0.05) is 17.0 Å². The first-order chi connectivity index (χ1) is 11.8. The highest BCUT2D eigenvalue weighted by Gasteiger charge is 2.23.